The normalized spacial score (nSPS) is 12.7. The fourth-order valence-corrected chi connectivity index (χ4v) is 3.49. The average Bonchev–Trinajstić information content (AvgIpc) is 2.62. The molecule has 0 spiro atoms. The Balaban J connectivity index is 2.80. The zero-order valence-corrected chi connectivity index (χ0v) is 13.6. The summed E-state index contributed by atoms with van der Waals surface area (Å²) in [6.07, 6.45) is 1.60. The minimum atomic E-state index is -1.16. The van der Waals surface area contributed by atoms with E-state index in [9.17, 15) is 9.42 Å². The Hall–Kier alpha value is -1.40. The van der Waals surface area contributed by atoms with Crippen LogP contribution < -0.4 is 4.73 Å². The molecule has 7 heteroatoms. The predicted octanol–water partition coefficient (Wildman–Crippen LogP) is 2.04. The largest absolute Gasteiger partial charge is 0.618 e. The molecule has 0 amide bonds. The minimum absolute atomic E-state index is 0.425. The SMILES string of the molecule is Cc1cc(Cl)c(C)[n+]([O-])c1-c1nn(C)c(S(C)=O)c1C. The Morgan fingerprint density at radius 3 is 2.50 bits per heavy atom. The van der Waals surface area contributed by atoms with Gasteiger partial charge in [0.15, 0.2) is 5.69 Å². The van der Waals surface area contributed by atoms with E-state index in [1.54, 1.807) is 31.0 Å². The monoisotopic (exact) mass is 313 g/mol. The lowest BCUT2D eigenvalue weighted by Crippen LogP contribution is -2.34. The lowest BCUT2D eigenvalue weighted by Gasteiger charge is -2.10. The highest BCUT2D eigenvalue weighted by molar-refractivity contribution is 7.84. The molecular weight excluding hydrogens is 298 g/mol. The highest BCUT2D eigenvalue weighted by Gasteiger charge is 2.25. The highest BCUT2D eigenvalue weighted by atomic mass is 35.5. The van der Waals surface area contributed by atoms with Gasteiger partial charge in [0.2, 0.25) is 11.4 Å². The van der Waals surface area contributed by atoms with E-state index in [0.29, 0.717) is 27.1 Å². The highest BCUT2D eigenvalue weighted by Crippen LogP contribution is 2.28. The Bertz CT molecular complexity index is 725. The molecular formula is C13H16ClN3O2S. The van der Waals surface area contributed by atoms with Gasteiger partial charge in [-0.15, -0.1) is 0 Å². The molecule has 1 unspecified atom stereocenters. The van der Waals surface area contributed by atoms with E-state index in [2.05, 4.69) is 5.10 Å². The fourth-order valence-electron chi connectivity index (χ4n) is 2.31. The van der Waals surface area contributed by atoms with E-state index < -0.39 is 10.8 Å². The van der Waals surface area contributed by atoms with Crippen molar-refractivity contribution in [3.63, 3.8) is 0 Å². The van der Waals surface area contributed by atoms with E-state index in [4.69, 9.17) is 11.6 Å². The summed E-state index contributed by atoms with van der Waals surface area (Å²) < 4.78 is 14.1. The van der Waals surface area contributed by atoms with Crippen molar-refractivity contribution in [3.8, 4) is 11.4 Å². The molecule has 0 bridgehead atoms. The first-order valence-corrected chi connectivity index (χ1v) is 7.96. The molecule has 0 fully saturated rings. The summed E-state index contributed by atoms with van der Waals surface area (Å²) in [6.45, 7) is 5.30. The van der Waals surface area contributed by atoms with Crippen molar-refractivity contribution >= 4 is 22.4 Å². The third-order valence-corrected chi connectivity index (χ3v) is 4.78. The van der Waals surface area contributed by atoms with Gasteiger partial charge in [0.1, 0.15) is 10.0 Å². The molecule has 2 aromatic rings. The molecule has 2 heterocycles. The standard InChI is InChI=1S/C13H16ClN3O2S/c1-7-6-10(14)9(3)17(18)12(7)11-8(2)13(20(5)19)16(4)15-11/h6H,1-5H3. The van der Waals surface area contributed by atoms with Gasteiger partial charge >= 0.3 is 0 Å². The molecule has 0 aliphatic heterocycles. The van der Waals surface area contributed by atoms with Crippen molar-refractivity contribution in [2.75, 3.05) is 6.26 Å². The molecule has 108 valence electrons. The molecule has 20 heavy (non-hydrogen) atoms. The van der Waals surface area contributed by atoms with Gasteiger partial charge in [0.05, 0.1) is 10.8 Å². The summed E-state index contributed by atoms with van der Waals surface area (Å²) in [4.78, 5) is 0. The van der Waals surface area contributed by atoms with Crippen LogP contribution in [0.4, 0.5) is 0 Å². The Morgan fingerprint density at radius 2 is 2.00 bits per heavy atom. The van der Waals surface area contributed by atoms with E-state index in [1.165, 1.54) is 0 Å². The molecule has 2 aromatic heterocycles. The lowest BCUT2D eigenvalue weighted by atomic mass is 10.1. The number of aryl methyl sites for hydroxylation is 2. The maximum atomic E-state index is 12.4. The predicted molar refractivity (Wildman–Crippen MR) is 79.2 cm³/mol. The van der Waals surface area contributed by atoms with E-state index in [0.717, 1.165) is 15.9 Å². The van der Waals surface area contributed by atoms with Crippen molar-refractivity contribution in [2.45, 2.75) is 25.8 Å². The number of nitrogens with zero attached hydrogens (tertiary/aromatic N) is 3. The van der Waals surface area contributed by atoms with Gasteiger partial charge in [-0.2, -0.15) is 9.83 Å². The van der Waals surface area contributed by atoms with Gasteiger partial charge in [0, 0.05) is 31.4 Å². The van der Waals surface area contributed by atoms with Crippen LogP contribution in [-0.4, -0.2) is 20.2 Å². The van der Waals surface area contributed by atoms with E-state index in [1.807, 2.05) is 13.8 Å². The number of hydrogen-bond donors (Lipinski definition) is 0. The summed E-state index contributed by atoms with van der Waals surface area (Å²) in [5, 5.41) is 17.8. The zero-order chi connectivity index (χ0) is 15.2. The number of hydrogen-bond acceptors (Lipinski definition) is 3. The Kier molecular flexibility index (Phi) is 3.88. The second-order valence-electron chi connectivity index (χ2n) is 4.76. The second kappa shape index (κ2) is 5.18. The molecule has 0 saturated carbocycles. The Morgan fingerprint density at radius 1 is 1.40 bits per heavy atom. The molecule has 0 saturated heterocycles. The second-order valence-corrected chi connectivity index (χ2v) is 6.46. The van der Waals surface area contributed by atoms with Crippen LogP contribution in [0.3, 0.4) is 0 Å². The lowest BCUT2D eigenvalue weighted by molar-refractivity contribution is -0.601. The van der Waals surface area contributed by atoms with Gasteiger partial charge in [-0.3, -0.25) is 8.89 Å². The van der Waals surface area contributed by atoms with Crippen LogP contribution >= 0.6 is 11.6 Å². The van der Waals surface area contributed by atoms with Crippen molar-refractivity contribution in [3.05, 3.63) is 33.1 Å². The number of aromatic nitrogens is 3. The van der Waals surface area contributed by atoms with Crippen LogP contribution in [0.5, 0.6) is 0 Å². The van der Waals surface area contributed by atoms with Gasteiger partial charge < -0.3 is 5.21 Å². The average molecular weight is 314 g/mol. The first-order chi connectivity index (χ1) is 9.25. The smallest absolute Gasteiger partial charge is 0.247 e. The summed E-state index contributed by atoms with van der Waals surface area (Å²) >= 11 is 6.01. The molecule has 1 atom stereocenters. The molecule has 2 rings (SSSR count). The van der Waals surface area contributed by atoms with Gasteiger partial charge in [-0.25, -0.2) is 0 Å². The third-order valence-electron chi connectivity index (χ3n) is 3.29. The molecule has 0 aliphatic rings. The number of pyridine rings is 1. The first kappa shape index (κ1) is 15.0. The maximum absolute atomic E-state index is 12.4. The van der Waals surface area contributed by atoms with Crippen LogP contribution in [-0.2, 0) is 17.8 Å². The maximum Gasteiger partial charge on any atom is 0.247 e. The van der Waals surface area contributed by atoms with Gasteiger partial charge in [-0.05, 0) is 19.9 Å². The molecule has 5 nitrogen and oxygen atoms in total. The summed E-state index contributed by atoms with van der Waals surface area (Å²) in [7, 11) is 0.558. The minimum Gasteiger partial charge on any atom is -0.618 e. The Labute approximate surface area is 125 Å². The zero-order valence-electron chi connectivity index (χ0n) is 12.0. The first-order valence-electron chi connectivity index (χ1n) is 6.02. The summed E-state index contributed by atoms with van der Waals surface area (Å²) in [5.41, 5.74) is 2.92. The van der Waals surface area contributed by atoms with Crippen LogP contribution in [0, 0.1) is 26.0 Å². The molecule has 0 N–H and O–H groups in total. The van der Waals surface area contributed by atoms with Crippen molar-refractivity contribution in [1.29, 1.82) is 0 Å². The van der Waals surface area contributed by atoms with Crippen LogP contribution in [0.2, 0.25) is 5.02 Å². The van der Waals surface area contributed by atoms with Crippen LogP contribution in [0.15, 0.2) is 11.1 Å². The molecule has 0 aromatic carbocycles. The number of rotatable bonds is 2. The summed E-state index contributed by atoms with van der Waals surface area (Å²) in [5.74, 6) is 0. The van der Waals surface area contributed by atoms with E-state index >= 15 is 0 Å². The van der Waals surface area contributed by atoms with Crippen LogP contribution in [0.25, 0.3) is 11.4 Å². The third kappa shape index (κ3) is 2.23. The van der Waals surface area contributed by atoms with Gasteiger partial charge in [0.25, 0.3) is 0 Å². The van der Waals surface area contributed by atoms with Gasteiger partial charge in [-0.1, -0.05) is 11.6 Å². The molecule has 0 radical (unpaired) electrons. The van der Waals surface area contributed by atoms with E-state index in [-0.39, 0.29) is 0 Å². The van der Waals surface area contributed by atoms with Crippen molar-refractivity contribution in [1.82, 2.24) is 9.78 Å². The number of halogens is 1. The van der Waals surface area contributed by atoms with Crippen molar-refractivity contribution in [2.24, 2.45) is 7.05 Å². The topological polar surface area (TPSA) is 61.8 Å². The quantitative estimate of drug-likeness (QED) is 0.629. The van der Waals surface area contributed by atoms with Crippen molar-refractivity contribution < 1.29 is 8.94 Å². The fraction of sp³-hybridized carbons (Fsp3) is 0.385. The van der Waals surface area contributed by atoms with Crippen LogP contribution in [0.1, 0.15) is 16.8 Å². The molecule has 0 aliphatic carbocycles. The summed E-state index contributed by atoms with van der Waals surface area (Å²) in [6, 6.07) is 1.75.